The van der Waals surface area contributed by atoms with Crippen LogP contribution in [0.1, 0.15) is 49.7 Å². The molecule has 8 nitrogen and oxygen atoms in total. The summed E-state index contributed by atoms with van der Waals surface area (Å²) in [5, 5.41) is 14.5. The summed E-state index contributed by atoms with van der Waals surface area (Å²) in [4.78, 5) is 38.8. The minimum absolute atomic E-state index is 0.0157. The van der Waals surface area contributed by atoms with Crippen molar-refractivity contribution in [3.63, 3.8) is 0 Å². The van der Waals surface area contributed by atoms with Crippen molar-refractivity contribution in [1.82, 2.24) is 15.5 Å². The molecule has 8 heteroatoms. The quantitative estimate of drug-likeness (QED) is 0.456. The first-order valence-electron chi connectivity index (χ1n) is 12.2. The van der Waals surface area contributed by atoms with Gasteiger partial charge in [-0.15, -0.1) is 0 Å². The molecule has 2 unspecified atom stereocenters. The minimum Gasteiger partial charge on any atom is -0.481 e. The summed E-state index contributed by atoms with van der Waals surface area (Å²) in [6.07, 6.45) is 1.34. The molecular formula is C27H33N3O5. The van der Waals surface area contributed by atoms with E-state index in [2.05, 4.69) is 27.7 Å². The lowest BCUT2D eigenvalue weighted by atomic mass is 9.98. The first-order chi connectivity index (χ1) is 16.8. The van der Waals surface area contributed by atoms with Crippen LogP contribution < -0.4 is 10.6 Å². The Labute approximate surface area is 205 Å². The van der Waals surface area contributed by atoms with Gasteiger partial charge in [-0.1, -0.05) is 48.5 Å². The molecule has 186 valence electrons. The fourth-order valence-electron chi connectivity index (χ4n) is 4.68. The molecule has 0 heterocycles. The molecule has 3 N–H and O–H groups in total. The van der Waals surface area contributed by atoms with Crippen molar-refractivity contribution in [1.29, 1.82) is 0 Å². The lowest BCUT2D eigenvalue weighted by molar-refractivity contribution is -0.137. The molecule has 0 spiro atoms. The van der Waals surface area contributed by atoms with E-state index in [-0.39, 0.29) is 31.4 Å². The highest BCUT2D eigenvalue weighted by atomic mass is 16.5. The number of nitrogens with one attached hydrogen (secondary N) is 2. The number of aliphatic carboxylic acids is 1. The van der Waals surface area contributed by atoms with E-state index in [0.29, 0.717) is 12.6 Å². The number of nitrogens with zero attached hydrogens (tertiary/aromatic N) is 1. The fourth-order valence-corrected chi connectivity index (χ4v) is 4.68. The van der Waals surface area contributed by atoms with Crippen LogP contribution in [0.15, 0.2) is 48.5 Å². The molecule has 0 radical (unpaired) electrons. The molecule has 2 aliphatic rings. The fraction of sp³-hybridized carbons (Fsp3) is 0.444. The van der Waals surface area contributed by atoms with Crippen LogP contribution in [0, 0.1) is 0 Å². The Morgan fingerprint density at radius 2 is 1.66 bits per heavy atom. The molecule has 0 bridgehead atoms. The van der Waals surface area contributed by atoms with E-state index in [1.807, 2.05) is 50.4 Å². The lowest BCUT2D eigenvalue weighted by Gasteiger charge is -2.26. The standard InChI is InChI=1S/C27H33N3O5/c1-17(30(2)18-11-12-18)15-28-26(33)24(13-14-25(31)32)29-27(34)35-16-23-21-9-5-3-7-19(21)20-8-4-6-10-22(20)23/h3-10,17-18,23-24H,11-16H2,1-2H3,(H,28,33)(H,29,34)(H,31,32). The lowest BCUT2D eigenvalue weighted by Crippen LogP contribution is -2.50. The Balaban J connectivity index is 1.35. The summed E-state index contributed by atoms with van der Waals surface area (Å²) in [6.45, 7) is 2.57. The molecule has 2 aromatic carbocycles. The molecule has 1 fully saturated rings. The number of hydrogen-bond acceptors (Lipinski definition) is 5. The zero-order chi connectivity index (χ0) is 24.9. The summed E-state index contributed by atoms with van der Waals surface area (Å²) in [7, 11) is 2.03. The summed E-state index contributed by atoms with van der Waals surface area (Å²) in [5.41, 5.74) is 4.44. The Morgan fingerprint density at radius 3 is 2.23 bits per heavy atom. The predicted octanol–water partition coefficient (Wildman–Crippen LogP) is 3.36. The van der Waals surface area contributed by atoms with Gasteiger partial charge in [0.05, 0.1) is 0 Å². The van der Waals surface area contributed by atoms with Gasteiger partial charge in [-0.2, -0.15) is 0 Å². The second-order valence-electron chi connectivity index (χ2n) is 9.45. The third-order valence-corrected chi connectivity index (χ3v) is 6.99. The van der Waals surface area contributed by atoms with Crippen molar-refractivity contribution in [3.05, 3.63) is 59.7 Å². The number of rotatable bonds is 11. The number of benzene rings is 2. The molecule has 35 heavy (non-hydrogen) atoms. The molecule has 0 saturated heterocycles. The van der Waals surface area contributed by atoms with Gasteiger partial charge >= 0.3 is 12.1 Å². The van der Waals surface area contributed by atoms with E-state index in [1.165, 1.54) is 12.8 Å². The van der Waals surface area contributed by atoms with E-state index < -0.39 is 24.0 Å². The number of fused-ring (bicyclic) bond motifs is 3. The van der Waals surface area contributed by atoms with Gasteiger partial charge in [-0.25, -0.2) is 4.79 Å². The van der Waals surface area contributed by atoms with Gasteiger partial charge in [0, 0.05) is 31.0 Å². The molecule has 2 aliphatic carbocycles. The van der Waals surface area contributed by atoms with Gasteiger partial charge in [0.2, 0.25) is 5.91 Å². The molecule has 2 aromatic rings. The maximum atomic E-state index is 12.8. The number of carboxylic acid groups (broad SMARTS) is 1. The average molecular weight is 480 g/mol. The molecule has 1 saturated carbocycles. The van der Waals surface area contributed by atoms with Crippen molar-refractivity contribution < 1.29 is 24.2 Å². The maximum absolute atomic E-state index is 12.8. The van der Waals surface area contributed by atoms with Crippen LogP contribution in [0.5, 0.6) is 0 Å². The molecular weight excluding hydrogens is 446 g/mol. The highest BCUT2D eigenvalue weighted by Crippen LogP contribution is 2.44. The number of carbonyl (C=O) groups is 3. The zero-order valence-electron chi connectivity index (χ0n) is 20.2. The van der Waals surface area contributed by atoms with E-state index in [9.17, 15) is 14.4 Å². The predicted molar refractivity (Wildman–Crippen MR) is 132 cm³/mol. The minimum atomic E-state index is -1.03. The maximum Gasteiger partial charge on any atom is 0.407 e. The van der Waals surface area contributed by atoms with Crippen molar-refractivity contribution in [3.8, 4) is 11.1 Å². The van der Waals surface area contributed by atoms with Crippen molar-refractivity contribution in [2.24, 2.45) is 0 Å². The Kier molecular flexibility index (Phi) is 7.70. The second kappa shape index (κ2) is 10.9. The van der Waals surface area contributed by atoms with Gasteiger partial charge in [0.25, 0.3) is 0 Å². The first kappa shape index (κ1) is 24.7. The SMILES string of the molecule is CC(CNC(=O)C(CCC(=O)O)NC(=O)OCC1c2ccccc2-c2ccccc21)N(C)C1CC1. The van der Waals surface area contributed by atoms with Crippen molar-refractivity contribution >= 4 is 18.0 Å². The molecule has 0 aromatic heterocycles. The van der Waals surface area contributed by atoms with Gasteiger partial charge in [-0.05, 0) is 55.5 Å². The second-order valence-corrected chi connectivity index (χ2v) is 9.45. The van der Waals surface area contributed by atoms with Crippen LogP contribution >= 0.6 is 0 Å². The normalized spacial score (nSPS) is 16.2. The van der Waals surface area contributed by atoms with Crippen LogP contribution in [0.4, 0.5) is 4.79 Å². The number of hydrogen-bond donors (Lipinski definition) is 3. The summed E-state index contributed by atoms with van der Waals surface area (Å²) >= 11 is 0. The largest absolute Gasteiger partial charge is 0.481 e. The van der Waals surface area contributed by atoms with Gasteiger partial charge in [0.15, 0.2) is 0 Å². The van der Waals surface area contributed by atoms with Crippen LogP contribution in [0.3, 0.4) is 0 Å². The summed E-state index contributed by atoms with van der Waals surface area (Å²) in [6, 6.07) is 15.8. The van der Waals surface area contributed by atoms with Crippen LogP contribution in [0.25, 0.3) is 11.1 Å². The van der Waals surface area contributed by atoms with Gasteiger partial charge < -0.3 is 20.5 Å². The third-order valence-electron chi connectivity index (χ3n) is 6.99. The Hall–Kier alpha value is -3.39. The monoisotopic (exact) mass is 479 g/mol. The van der Waals surface area contributed by atoms with E-state index in [0.717, 1.165) is 22.3 Å². The van der Waals surface area contributed by atoms with Crippen LogP contribution in [-0.2, 0) is 14.3 Å². The topological polar surface area (TPSA) is 108 Å². The highest BCUT2D eigenvalue weighted by Gasteiger charge is 2.31. The number of ether oxygens (including phenoxy) is 1. The molecule has 2 atom stereocenters. The Bertz CT molecular complexity index is 1040. The van der Waals surface area contributed by atoms with E-state index in [4.69, 9.17) is 9.84 Å². The number of likely N-dealkylation sites (N-methyl/N-ethyl adjacent to an activating group) is 1. The van der Waals surface area contributed by atoms with Crippen LogP contribution in [0.2, 0.25) is 0 Å². The molecule has 2 amide bonds. The third kappa shape index (κ3) is 6.00. The first-order valence-corrected chi connectivity index (χ1v) is 12.2. The number of alkyl carbamates (subject to hydrolysis) is 1. The average Bonchev–Trinajstić information content (AvgIpc) is 3.66. The summed E-state index contributed by atoms with van der Waals surface area (Å²) < 4.78 is 5.54. The number of amides is 2. The highest BCUT2D eigenvalue weighted by molar-refractivity contribution is 5.86. The van der Waals surface area contributed by atoms with Gasteiger partial charge in [0.1, 0.15) is 12.6 Å². The molecule has 4 rings (SSSR count). The number of carbonyl (C=O) groups excluding carboxylic acids is 2. The van der Waals surface area contributed by atoms with Crippen molar-refractivity contribution in [2.75, 3.05) is 20.2 Å². The summed E-state index contributed by atoms with van der Waals surface area (Å²) in [5.74, 6) is -1.53. The number of carboxylic acids is 1. The smallest absolute Gasteiger partial charge is 0.407 e. The van der Waals surface area contributed by atoms with Crippen LogP contribution in [-0.4, -0.2) is 66.3 Å². The zero-order valence-corrected chi connectivity index (χ0v) is 20.2. The van der Waals surface area contributed by atoms with E-state index >= 15 is 0 Å². The molecule has 0 aliphatic heterocycles. The van der Waals surface area contributed by atoms with Gasteiger partial charge in [-0.3, -0.25) is 14.5 Å². The van der Waals surface area contributed by atoms with Crippen molar-refractivity contribution in [2.45, 2.75) is 56.7 Å². The Morgan fingerprint density at radius 1 is 1.06 bits per heavy atom. The van der Waals surface area contributed by atoms with E-state index in [1.54, 1.807) is 0 Å².